The van der Waals surface area contributed by atoms with Gasteiger partial charge in [-0.05, 0) is 24.3 Å². The number of ether oxygens (including phenoxy) is 1. The number of carbonyl (C=O) groups excluding carboxylic acids is 1. The molecule has 0 spiro atoms. The number of carbonyl (C=O) groups is 1. The van der Waals surface area contributed by atoms with Crippen LogP contribution in [0.5, 0.6) is 5.75 Å². The van der Waals surface area contributed by atoms with Crippen LogP contribution in [-0.4, -0.2) is 64.5 Å². The second-order valence-corrected chi connectivity index (χ2v) is 3.56. The van der Waals surface area contributed by atoms with Gasteiger partial charge in [-0.3, -0.25) is 0 Å². The molecule has 0 radical (unpaired) electrons. The van der Waals surface area contributed by atoms with E-state index in [0.29, 0.717) is 17.0 Å². The van der Waals surface area contributed by atoms with Gasteiger partial charge in [0.1, 0.15) is 11.4 Å². The third-order valence-corrected chi connectivity index (χ3v) is 2.37. The van der Waals surface area contributed by atoms with Crippen molar-refractivity contribution in [3.8, 4) is 5.75 Å². The summed E-state index contributed by atoms with van der Waals surface area (Å²) in [6, 6.07) is 16.0. The molecule has 0 aliphatic heterocycles. The van der Waals surface area contributed by atoms with Crippen LogP contribution in [0.1, 0.15) is 10.4 Å². The molecule has 2 aromatic carbocycles. The number of para-hydroxylation sites is 2. The van der Waals surface area contributed by atoms with Crippen molar-refractivity contribution in [3.63, 3.8) is 0 Å². The van der Waals surface area contributed by atoms with Crippen LogP contribution in [-0.2, 0) is 4.84 Å². The molecule has 0 amide bonds. The molecule has 0 atom stereocenters. The van der Waals surface area contributed by atoms with Crippen molar-refractivity contribution in [2.75, 3.05) is 12.6 Å². The third kappa shape index (κ3) is 4.63. The SMILES string of the molecule is COc1ccccc1NOC(=O)c1ccccc1.[KH]. The maximum atomic E-state index is 11.7. The van der Waals surface area contributed by atoms with Gasteiger partial charge >= 0.3 is 57.4 Å². The predicted octanol–water partition coefficient (Wildman–Crippen LogP) is 2.23. The molecular formula is C14H14KNO3. The Morgan fingerprint density at radius 2 is 1.63 bits per heavy atom. The fourth-order valence-electron chi connectivity index (χ4n) is 1.46. The van der Waals surface area contributed by atoms with Gasteiger partial charge in [0.05, 0.1) is 12.7 Å². The summed E-state index contributed by atoms with van der Waals surface area (Å²) < 4.78 is 5.13. The standard InChI is InChI=1S/C14H13NO3.K.H/c1-17-13-10-6-5-9-12(13)15-18-14(16)11-7-3-2-4-8-11;;/h2-10,15H,1H3;;. The van der Waals surface area contributed by atoms with Gasteiger partial charge in [-0.2, -0.15) is 0 Å². The molecule has 0 unspecified atom stereocenters. The van der Waals surface area contributed by atoms with Crippen LogP contribution in [0, 0.1) is 0 Å². The molecule has 19 heavy (non-hydrogen) atoms. The van der Waals surface area contributed by atoms with Crippen LogP contribution < -0.4 is 10.2 Å². The molecule has 2 aromatic rings. The quantitative estimate of drug-likeness (QED) is 0.690. The Morgan fingerprint density at radius 3 is 2.32 bits per heavy atom. The van der Waals surface area contributed by atoms with E-state index in [0.717, 1.165) is 0 Å². The van der Waals surface area contributed by atoms with Gasteiger partial charge in [-0.1, -0.05) is 30.3 Å². The van der Waals surface area contributed by atoms with E-state index in [-0.39, 0.29) is 51.4 Å². The Bertz CT molecular complexity index is 531. The molecule has 4 nitrogen and oxygen atoms in total. The summed E-state index contributed by atoms with van der Waals surface area (Å²) in [4.78, 5) is 16.7. The third-order valence-electron chi connectivity index (χ3n) is 2.37. The molecule has 1 N–H and O–H groups in total. The second-order valence-electron chi connectivity index (χ2n) is 3.56. The normalized spacial score (nSPS) is 9.11. The first kappa shape index (κ1) is 16.2. The van der Waals surface area contributed by atoms with Crippen LogP contribution in [0.25, 0.3) is 0 Å². The minimum atomic E-state index is -0.443. The van der Waals surface area contributed by atoms with Gasteiger partial charge in [-0.25, -0.2) is 10.3 Å². The number of methoxy groups -OCH3 is 1. The van der Waals surface area contributed by atoms with Gasteiger partial charge in [0.2, 0.25) is 0 Å². The summed E-state index contributed by atoms with van der Waals surface area (Å²) in [6.07, 6.45) is 0. The van der Waals surface area contributed by atoms with Crippen molar-refractivity contribution < 1.29 is 14.4 Å². The van der Waals surface area contributed by atoms with Gasteiger partial charge in [0.25, 0.3) is 0 Å². The number of rotatable bonds is 4. The zero-order chi connectivity index (χ0) is 12.8. The average molecular weight is 283 g/mol. The van der Waals surface area contributed by atoms with Gasteiger partial charge in [-0.15, -0.1) is 0 Å². The van der Waals surface area contributed by atoms with E-state index in [1.807, 2.05) is 18.2 Å². The average Bonchev–Trinajstić information content (AvgIpc) is 2.46. The van der Waals surface area contributed by atoms with Crippen molar-refractivity contribution in [3.05, 3.63) is 60.2 Å². The molecule has 0 saturated heterocycles. The number of benzene rings is 2. The van der Waals surface area contributed by atoms with Crippen LogP contribution in [0.4, 0.5) is 5.69 Å². The Balaban J connectivity index is 0.00000180. The van der Waals surface area contributed by atoms with E-state index < -0.39 is 5.97 Å². The van der Waals surface area contributed by atoms with Crippen molar-refractivity contribution in [1.29, 1.82) is 0 Å². The first-order chi connectivity index (χ1) is 8.81. The molecule has 0 aliphatic carbocycles. The summed E-state index contributed by atoms with van der Waals surface area (Å²) in [5.41, 5.74) is 3.68. The van der Waals surface area contributed by atoms with Gasteiger partial charge in [0.15, 0.2) is 0 Å². The van der Waals surface area contributed by atoms with Gasteiger partial charge in [0, 0.05) is 0 Å². The Labute approximate surface area is 154 Å². The zero-order valence-corrected chi connectivity index (χ0v) is 9.92. The van der Waals surface area contributed by atoms with E-state index in [2.05, 4.69) is 5.48 Å². The minimum absolute atomic E-state index is 0. The van der Waals surface area contributed by atoms with Crippen LogP contribution in [0.3, 0.4) is 0 Å². The second kappa shape index (κ2) is 8.34. The number of anilines is 1. The molecule has 5 heteroatoms. The Morgan fingerprint density at radius 1 is 1.00 bits per heavy atom. The van der Waals surface area contributed by atoms with Crippen LogP contribution >= 0.6 is 0 Å². The van der Waals surface area contributed by atoms with Crippen LogP contribution in [0.2, 0.25) is 0 Å². The molecule has 0 saturated carbocycles. The Kier molecular flexibility index (Phi) is 7.11. The fraction of sp³-hybridized carbons (Fsp3) is 0.0714. The molecular weight excluding hydrogens is 269 g/mol. The Hall–Kier alpha value is -0.854. The molecule has 94 valence electrons. The van der Waals surface area contributed by atoms with Gasteiger partial charge < -0.3 is 9.57 Å². The summed E-state index contributed by atoms with van der Waals surface area (Å²) >= 11 is 0. The summed E-state index contributed by atoms with van der Waals surface area (Å²) in [6.45, 7) is 0. The molecule has 2 rings (SSSR count). The molecule has 0 bridgehead atoms. The van der Waals surface area contributed by atoms with Crippen LogP contribution in [0.15, 0.2) is 54.6 Å². The molecule has 0 aromatic heterocycles. The maximum absolute atomic E-state index is 11.7. The van der Waals surface area contributed by atoms with Crippen molar-refractivity contribution in [1.82, 2.24) is 0 Å². The molecule has 0 aliphatic rings. The van der Waals surface area contributed by atoms with E-state index in [4.69, 9.17) is 9.57 Å². The topological polar surface area (TPSA) is 47.6 Å². The van der Waals surface area contributed by atoms with Crippen molar-refractivity contribution in [2.45, 2.75) is 0 Å². The van der Waals surface area contributed by atoms with Crippen molar-refractivity contribution in [2.24, 2.45) is 0 Å². The summed E-state index contributed by atoms with van der Waals surface area (Å²) in [5.74, 6) is 0.167. The molecule has 0 fully saturated rings. The predicted molar refractivity (Wildman–Crippen MR) is 75.6 cm³/mol. The number of hydrogen-bond acceptors (Lipinski definition) is 4. The zero-order valence-electron chi connectivity index (χ0n) is 9.92. The monoisotopic (exact) mass is 283 g/mol. The van der Waals surface area contributed by atoms with E-state index in [1.165, 1.54) is 0 Å². The number of nitrogens with one attached hydrogen (secondary N) is 1. The first-order valence-electron chi connectivity index (χ1n) is 5.46. The van der Waals surface area contributed by atoms with E-state index in [1.54, 1.807) is 43.5 Å². The number of hydrogen-bond donors (Lipinski definition) is 1. The summed E-state index contributed by atoms with van der Waals surface area (Å²) in [7, 11) is 1.56. The van der Waals surface area contributed by atoms with E-state index >= 15 is 0 Å². The summed E-state index contributed by atoms with van der Waals surface area (Å²) in [5, 5.41) is 0. The fourth-order valence-corrected chi connectivity index (χ4v) is 1.46. The van der Waals surface area contributed by atoms with E-state index in [9.17, 15) is 4.79 Å². The first-order valence-corrected chi connectivity index (χ1v) is 5.46. The van der Waals surface area contributed by atoms with Crippen molar-refractivity contribution >= 4 is 63.0 Å². The molecule has 0 heterocycles.